The molecule has 0 radical (unpaired) electrons. The van der Waals surface area contributed by atoms with E-state index in [1.54, 1.807) is 6.20 Å². The summed E-state index contributed by atoms with van der Waals surface area (Å²) >= 11 is 9.38. The summed E-state index contributed by atoms with van der Waals surface area (Å²) in [6.07, 6.45) is 1.74. The zero-order chi connectivity index (χ0) is 13.4. The van der Waals surface area contributed by atoms with Gasteiger partial charge in [-0.3, -0.25) is 5.10 Å². The monoisotopic (exact) mass is 336 g/mol. The minimum atomic E-state index is 0.663. The molecule has 19 heavy (non-hydrogen) atoms. The summed E-state index contributed by atoms with van der Waals surface area (Å²) in [5.74, 6) is 0. The lowest BCUT2D eigenvalue weighted by Gasteiger charge is -2.11. The lowest BCUT2D eigenvalue weighted by Crippen LogP contribution is -1.97. The number of nitrogens with two attached hydrogens (primary N) is 1. The van der Waals surface area contributed by atoms with Crippen molar-refractivity contribution < 1.29 is 0 Å². The van der Waals surface area contributed by atoms with Crippen LogP contribution in [0.3, 0.4) is 0 Å². The van der Waals surface area contributed by atoms with E-state index >= 15 is 0 Å². The van der Waals surface area contributed by atoms with Gasteiger partial charge in [-0.2, -0.15) is 5.10 Å². The molecule has 3 aromatic rings. The van der Waals surface area contributed by atoms with E-state index in [1.165, 1.54) is 0 Å². The van der Waals surface area contributed by atoms with Gasteiger partial charge in [0.2, 0.25) is 0 Å². The fraction of sp³-hybridized carbons (Fsp3) is 0. The number of hydrogen-bond acceptors (Lipinski definition) is 3. The molecule has 96 valence electrons. The van der Waals surface area contributed by atoms with Crippen LogP contribution in [-0.4, -0.2) is 10.2 Å². The molecule has 0 saturated carbocycles. The van der Waals surface area contributed by atoms with Gasteiger partial charge in [0.25, 0.3) is 0 Å². The van der Waals surface area contributed by atoms with Crippen LogP contribution in [0.25, 0.3) is 10.9 Å². The Kier molecular flexibility index (Phi) is 3.08. The van der Waals surface area contributed by atoms with E-state index in [2.05, 4.69) is 31.4 Å². The molecular weight excluding hydrogens is 328 g/mol. The molecule has 6 heteroatoms. The van der Waals surface area contributed by atoms with Gasteiger partial charge in [0, 0.05) is 14.9 Å². The Morgan fingerprint density at radius 1 is 1.21 bits per heavy atom. The molecule has 3 rings (SSSR count). The maximum atomic E-state index is 6.03. The molecule has 0 bridgehead atoms. The summed E-state index contributed by atoms with van der Waals surface area (Å²) in [6, 6.07) is 9.35. The van der Waals surface area contributed by atoms with Crippen LogP contribution in [0.1, 0.15) is 0 Å². The summed E-state index contributed by atoms with van der Waals surface area (Å²) in [4.78, 5) is 0. The van der Waals surface area contributed by atoms with E-state index in [-0.39, 0.29) is 0 Å². The Morgan fingerprint density at radius 3 is 2.84 bits per heavy atom. The molecule has 1 aromatic heterocycles. The number of rotatable bonds is 2. The molecule has 0 unspecified atom stereocenters. The van der Waals surface area contributed by atoms with Crippen molar-refractivity contribution in [1.29, 1.82) is 0 Å². The van der Waals surface area contributed by atoms with Crippen LogP contribution in [0.4, 0.5) is 17.1 Å². The number of halogens is 2. The highest BCUT2D eigenvalue weighted by Gasteiger charge is 2.06. The zero-order valence-corrected chi connectivity index (χ0v) is 12.1. The summed E-state index contributed by atoms with van der Waals surface area (Å²) < 4.78 is 0.879. The van der Waals surface area contributed by atoms with Gasteiger partial charge in [-0.25, -0.2) is 0 Å². The number of anilines is 3. The number of benzene rings is 2. The first-order valence-electron chi connectivity index (χ1n) is 5.58. The number of fused-ring (bicyclic) bond motifs is 1. The molecule has 0 aliphatic heterocycles. The van der Waals surface area contributed by atoms with E-state index in [0.29, 0.717) is 10.7 Å². The minimum absolute atomic E-state index is 0.663. The lowest BCUT2D eigenvalue weighted by molar-refractivity contribution is 1.12. The lowest BCUT2D eigenvalue weighted by atomic mass is 10.2. The first-order valence-corrected chi connectivity index (χ1v) is 6.75. The molecule has 0 spiro atoms. The number of H-pyrrole nitrogens is 1. The van der Waals surface area contributed by atoms with E-state index < -0.39 is 0 Å². The van der Waals surface area contributed by atoms with Crippen LogP contribution in [0, 0.1) is 0 Å². The van der Waals surface area contributed by atoms with Gasteiger partial charge in [0.05, 0.1) is 28.8 Å². The number of nitrogens with zero attached hydrogens (tertiary/aromatic N) is 1. The van der Waals surface area contributed by atoms with E-state index in [4.69, 9.17) is 17.3 Å². The highest BCUT2D eigenvalue weighted by Crippen LogP contribution is 2.32. The summed E-state index contributed by atoms with van der Waals surface area (Å²) in [7, 11) is 0. The minimum Gasteiger partial charge on any atom is -0.397 e. The first kappa shape index (κ1) is 12.3. The van der Waals surface area contributed by atoms with Gasteiger partial charge in [0.1, 0.15) is 0 Å². The van der Waals surface area contributed by atoms with Gasteiger partial charge in [-0.15, -0.1) is 0 Å². The van der Waals surface area contributed by atoms with Crippen molar-refractivity contribution in [3.05, 3.63) is 46.0 Å². The normalized spacial score (nSPS) is 10.8. The number of aromatic amines is 1. The third-order valence-electron chi connectivity index (χ3n) is 2.81. The second-order valence-corrected chi connectivity index (χ2v) is 5.44. The standard InChI is InChI=1S/C13H10BrClN4/c14-9-4-8(15)1-2-11(9)18-13-5-12-7(3-10(13)16)6-17-19-12/h1-6,18H,16H2,(H,17,19). The van der Waals surface area contributed by atoms with Crippen molar-refractivity contribution in [3.63, 3.8) is 0 Å². The van der Waals surface area contributed by atoms with Crippen molar-refractivity contribution in [2.24, 2.45) is 0 Å². The molecular formula is C13H10BrClN4. The molecule has 0 saturated heterocycles. The Balaban J connectivity index is 2.02. The highest BCUT2D eigenvalue weighted by molar-refractivity contribution is 9.10. The third kappa shape index (κ3) is 2.39. The van der Waals surface area contributed by atoms with Crippen molar-refractivity contribution in [2.45, 2.75) is 0 Å². The Bertz CT molecular complexity index is 753. The Labute approximate surface area is 123 Å². The number of hydrogen-bond donors (Lipinski definition) is 3. The SMILES string of the molecule is Nc1cc2cn[nH]c2cc1Nc1ccc(Cl)cc1Br. The zero-order valence-electron chi connectivity index (χ0n) is 9.74. The largest absolute Gasteiger partial charge is 0.397 e. The number of aromatic nitrogens is 2. The summed E-state index contributed by atoms with van der Waals surface area (Å²) in [6.45, 7) is 0. The van der Waals surface area contributed by atoms with Crippen LogP contribution in [0.5, 0.6) is 0 Å². The Hall–Kier alpha value is -1.72. The van der Waals surface area contributed by atoms with Gasteiger partial charge in [0.15, 0.2) is 0 Å². The molecule has 4 nitrogen and oxygen atoms in total. The molecule has 0 amide bonds. The Morgan fingerprint density at radius 2 is 2.05 bits per heavy atom. The second kappa shape index (κ2) is 4.75. The van der Waals surface area contributed by atoms with Crippen molar-refractivity contribution >= 4 is 55.5 Å². The van der Waals surface area contributed by atoms with Crippen LogP contribution < -0.4 is 11.1 Å². The summed E-state index contributed by atoms with van der Waals surface area (Å²) in [5.41, 5.74) is 9.34. The molecule has 0 atom stereocenters. The van der Waals surface area contributed by atoms with Crippen molar-refractivity contribution in [1.82, 2.24) is 10.2 Å². The van der Waals surface area contributed by atoms with Crippen LogP contribution in [-0.2, 0) is 0 Å². The average molecular weight is 338 g/mol. The molecule has 0 aliphatic carbocycles. The van der Waals surface area contributed by atoms with E-state index in [1.807, 2.05) is 30.3 Å². The van der Waals surface area contributed by atoms with Gasteiger partial charge < -0.3 is 11.1 Å². The third-order valence-corrected chi connectivity index (χ3v) is 3.70. The maximum Gasteiger partial charge on any atom is 0.0672 e. The smallest absolute Gasteiger partial charge is 0.0672 e. The molecule has 4 N–H and O–H groups in total. The highest BCUT2D eigenvalue weighted by atomic mass is 79.9. The number of nitrogen functional groups attached to an aromatic ring is 1. The van der Waals surface area contributed by atoms with Gasteiger partial charge >= 0.3 is 0 Å². The van der Waals surface area contributed by atoms with Crippen LogP contribution >= 0.6 is 27.5 Å². The first-order chi connectivity index (χ1) is 9.13. The quantitative estimate of drug-likeness (QED) is 0.611. The molecule has 1 heterocycles. The average Bonchev–Trinajstić information content (AvgIpc) is 2.80. The molecule has 0 aliphatic rings. The fourth-order valence-electron chi connectivity index (χ4n) is 1.85. The number of nitrogens with one attached hydrogen (secondary N) is 2. The van der Waals surface area contributed by atoms with Crippen LogP contribution in [0.15, 0.2) is 41.0 Å². The fourth-order valence-corrected chi connectivity index (χ4v) is 2.64. The van der Waals surface area contributed by atoms with Crippen molar-refractivity contribution in [3.8, 4) is 0 Å². The van der Waals surface area contributed by atoms with Gasteiger partial charge in [-0.05, 0) is 46.3 Å². The van der Waals surface area contributed by atoms with E-state index in [0.717, 1.165) is 26.8 Å². The summed E-state index contributed by atoms with van der Waals surface area (Å²) in [5, 5.41) is 11.8. The molecule has 0 fully saturated rings. The topological polar surface area (TPSA) is 66.7 Å². The maximum absolute atomic E-state index is 6.03. The van der Waals surface area contributed by atoms with Crippen molar-refractivity contribution in [2.75, 3.05) is 11.1 Å². The van der Waals surface area contributed by atoms with Gasteiger partial charge in [-0.1, -0.05) is 11.6 Å². The predicted molar refractivity (Wildman–Crippen MR) is 82.9 cm³/mol. The second-order valence-electron chi connectivity index (χ2n) is 4.15. The van der Waals surface area contributed by atoms with E-state index in [9.17, 15) is 0 Å². The predicted octanol–water partition coefficient (Wildman–Crippen LogP) is 4.30. The molecule has 2 aromatic carbocycles. The van der Waals surface area contributed by atoms with Crippen LogP contribution in [0.2, 0.25) is 5.02 Å².